The highest BCUT2D eigenvalue weighted by atomic mass is 16.6. The third-order valence-corrected chi connectivity index (χ3v) is 26.5. The lowest BCUT2D eigenvalue weighted by Crippen LogP contribution is -2.24. The minimum Gasteiger partial charge on any atom is -0.457 e. The van der Waals surface area contributed by atoms with Crippen LogP contribution < -0.4 is 23.8 Å². The summed E-state index contributed by atoms with van der Waals surface area (Å²) in [4.78, 5) is 32.0. The van der Waals surface area contributed by atoms with Crippen molar-refractivity contribution in [1.29, 1.82) is 0 Å². The number of cyclic esters (lactones) is 2. The normalized spacial score (nSPS) is 13.6. The summed E-state index contributed by atoms with van der Waals surface area (Å²) in [5, 5.41) is 11.7. The molecule has 16 rings (SSSR count). The van der Waals surface area contributed by atoms with E-state index in [1.165, 1.54) is 33.4 Å². The van der Waals surface area contributed by atoms with Gasteiger partial charge in [-0.05, 0) is 304 Å². The lowest BCUT2D eigenvalue weighted by molar-refractivity contribution is 0.0390. The molecule has 0 amide bonds. The van der Waals surface area contributed by atoms with Crippen molar-refractivity contribution in [1.82, 2.24) is 0 Å². The first kappa shape index (κ1) is 89.6. The van der Waals surface area contributed by atoms with Gasteiger partial charge in [0.05, 0.1) is 11.1 Å². The Morgan fingerprint density at radius 1 is 0.266 bits per heavy atom. The molecule has 1 heterocycles. The topological polar surface area (TPSA) is 83.5 Å². The van der Waals surface area contributed by atoms with E-state index >= 15 is 0 Å². The fourth-order valence-corrected chi connectivity index (χ4v) is 22.7. The molecule has 1 aliphatic rings. The smallest absolute Gasteiger partial charge is 0.346 e. The molecule has 15 aromatic rings. The number of carbonyl (C=O) groups excluding carboxylic acids is 2. The maximum absolute atomic E-state index is 14.8. The second-order valence-corrected chi connectivity index (χ2v) is 46.3. The van der Waals surface area contributed by atoms with Crippen LogP contribution >= 0.6 is 0 Å². The van der Waals surface area contributed by atoms with E-state index in [4.69, 9.17) is 23.7 Å². The number of carbonyl (C=O) groups is 2. The Bertz CT molecular complexity index is 6680. The summed E-state index contributed by atoms with van der Waals surface area (Å²) in [5.41, 5.74) is 14.7. The van der Waals surface area contributed by atoms with Gasteiger partial charge in [-0.25, -0.2) is 9.59 Å². The van der Waals surface area contributed by atoms with Crippen LogP contribution in [0.4, 0.5) is 17.1 Å². The molecule has 658 valence electrons. The number of anilines is 3. The fraction of sp³-hybridized carbons (Fsp3) is 0.350. The van der Waals surface area contributed by atoms with Gasteiger partial charge in [0.25, 0.3) is 0 Å². The number of hydrogen-bond acceptors (Lipinski definition) is 8. The van der Waals surface area contributed by atoms with Crippen LogP contribution in [0.15, 0.2) is 249 Å². The lowest BCUT2D eigenvalue weighted by atomic mass is 9.72. The van der Waals surface area contributed by atoms with Crippen LogP contribution in [0.3, 0.4) is 0 Å². The monoisotopic (exact) mass is 1700 g/mol. The zero-order valence-corrected chi connectivity index (χ0v) is 80.8. The summed E-state index contributed by atoms with van der Waals surface area (Å²) in [6, 6.07) is 80.7. The Balaban J connectivity index is 0.988. The van der Waals surface area contributed by atoms with Crippen molar-refractivity contribution in [3.8, 4) is 57.1 Å². The van der Waals surface area contributed by atoms with Crippen molar-refractivity contribution in [2.75, 3.05) is 4.90 Å². The first-order valence-electron chi connectivity index (χ1n) is 46.0. The average molecular weight is 1700 g/mol. The molecule has 0 N–H and O–H groups in total. The van der Waals surface area contributed by atoms with E-state index in [2.05, 4.69) is 386 Å². The summed E-state index contributed by atoms with van der Waals surface area (Å²) in [6.45, 7) is 68.2. The van der Waals surface area contributed by atoms with Gasteiger partial charge in [-0.2, -0.15) is 0 Å². The summed E-state index contributed by atoms with van der Waals surface area (Å²) in [5.74, 6) is 3.17. The number of esters is 2. The minimum absolute atomic E-state index is 0.0528. The van der Waals surface area contributed by atoms with Crippen LogP contribution in [-0.2, 0) is 37.2 Å². The predicted molar refractivity (Wildman–Crippen MR) is 541 cm³/mol. The maximum Gasteiger partial charge on any atom is 0.346 e. The number of fused-ring (bicyclic) bond motifs is 4. The number of ether oxygens (including phenoxy) is 5. The molecule has 0 bridgehead atoms. The molecule has 8 heteroatoms. The van der Waals surface area contributed by atoms with E-state index < -0.39 is 11.9 Å². The van der Waals surface area contributed by atoms with Gasteiger partial charge in [-0.1, -0.05) is 287 Å². The summed E-state index contributed by atoms with van der Waals surface area (Å²) < 4.78 is 35.9. The first-order valence-corrected chi connectivity index (χ1v) is 46.0. The third-order valence-electron chi connectivity index (χ3n) is 26.5. The quantitative estimate of drug-likeness (QED) is 0.0174. The van der Waals surface area contributed by atoms with Crippen LogP contribution in [0.5, 0.6) is 46.0 Å². The van der Waals surface area contributed by atoms with Gasteiger partial charge in [-0.15, -0.1) is 13.2 Å². The van der Waals surface area contributed by atoms with Crippen molar-refractivity contribution < 1.29 is 33.3 Å². The van der Waals surface area contributed by atoms with E-state index in [0.717, 1.165) is 132 Å². The second kappa shape index (κ2) is 32.2. The third kappa shape index (κ3) is 17.8. The number of nitrogens with zero attached hydrogens (tertiary/aromatic N) is 1. The Kier molecular flexibility index (Phi) is 22.5. The van der Waals surface area contributed by atoms with Gasteiger partial charge < -0.3 is 28.6 Å². The van der Waals surface area contributed by atoms with Crippen LogP contribution in [0.2, 0.25) is 0 Å². The highest BCUT2D eigenvalue weighted by Gasteiger charge is 2.38. The molecule has 0 radical (unpaired) electrons. The molecule has 0 aromatic heterocycles. The number of hydrogen-bond donors (Lipinski definition) is 0. The molecule has 0 spiro atoms. The lowest BCUT2D eigenvalue weighted by Gasteiger charge is -2.33. The van der Waals surface area contributed by atoms with Crippen molar-refractivity contribution in [3.63, 3.8) is 0 Å². The van der Waals surface area contributed by atoms with E-state index in [9.17, 15) is 9.59 Å². The van der Waals surface area contributed by atoms with E-state index in [1.54, 1.807) is 12.1 Å². The number of rotatable bonds is 26. The number of allylic oxidation sites excluding steroid dienone is 2. The Labute approximate surface area is 760 Å². The van der Waals surface area contributed by atoms with Gasteiger partial charge in [0.1, 0.15) is 46.0 Å². The number of benzene rings is 15. The summed E-state index contributed by atoms with van der Waals surface area (Å²) in [6.07, 6.45) is 5.65. The van der Waals surface area contributed by atoms with E-state index in [0.29, 0.717) is 67.5 Å². The Morgan fingerprint density at radius 2 is 0.516 bits per heavy atom. The van der Waals surface area contributed by atoms with Gasteiger partial charge >= 0.3 is 11.9 Å². The Hall–Kier alpha value is -11.7. The molecular weight excluding hydrogens is 1570 g/mol. The van der Waals surface area contributed by atoms with Crippen molar-refractivity contribution >= 4 is 104 Å². The molecule has 0 saturated heterocycles. The molecular formula is C120H131NO7. The molecule has 0 atom stereocenters. The van der Waals surface area contributed by atoms with Crippen molar-refractivity contribution in [2.24, 2.45) is 21.7 Å². The van der Waals surface area contributed by atoms with Gasteiger partial charge in [0, 0.05) is 54.8 Å². The maximum atomic E-state index is 14.8. The Morgan fingerprint density at radius 3 is 0.812 bits per heavy atom. The van der Waals surface area contributed by atoms with Crippen molar-refractivity contribution in [3.05, 3.63) is 293 Å². The standard InChI is InChI=1S/C120H131NO7/c1-72(2)66-115(17,18)75-31-45-82(46-32-75)121(83-47-33-77(34-48-83)117(21,22)68-111(5,6)7)81-43-29-74(30-44-81)93-63-97(125-85-51-37-78(38-52-85)118(23,24)69-112(8,9)10)104-90-58-60-92-101-91(59-57-89(100(90)101)103-96(62-61-88(93)107(103)104)124-84-49-35-76(36-50-84)116(19,20)67-73(3)4)105-98(126-86-53-39-79(40-54-86)119(25,26)70-113(11,12)13)64-94-102-95(110(123)128-109(94)122)65-99(106(92)108(102)105)127-87-55-41-80(42-56-87)120(27,28)71-114(14,15)16/h29-65H,1,3,66-71H2,2,4-28H3. The van der Waals surface area contributed by atoms with Crippen LogP contribution in [0, 0.1) is 21.7 Å². The second-order valence-electron chi connectivity index (χ2n) is 46.3. The highest BCUT2D eigenvalue weighted by Crippen LogP contribution is 2.59. The SMILES string of the molecule is C=C(C)CC(C)(C)c1ccc(Oc2ccc3c(-c4ccc(N(c5ccc(C(C)(C)CC(=C)C)cc5)c5ccc(C(C)(C)CC(C)(C)C)cc5)cc4)cc(Oc4ccc(C(C)(C)CC(C)(C)C)cc4)c4c5ccc6c7c(Oc8ccc(C(C)(C)CC(C)(C)C)cc8)cc8c9c(cc(Oc%10ccc(C(C)(C)CC(C)(C)C)cc%10)c(c%10ccc(c2c34)c5c%106)c97)C(=O)OC8=O)cc1. The molecule has 1 aliphatic heterocycles. The first-order chi connectivity index (χ1) is 59.8. The van der Waals surface area contributed by atoms with E-state index in [-0.39, 0.29) is 65.3 Å². The predicted octanol–water partition coefficient (Wildman–Crippen LogP) is 35.6. The fourth-order valence-electron chi connectivity index (χ4n) is 22.7. The summed E-state index contributed by atoms with van der Waals surface area (Å²) >= 11 is 0. The van der Waals surface area contributed by atoms with Gasteiger partial charge in [0.15, 0.2) is 0 Å². The molecule has 0 aliphatic carbocycles. The summed E-state index contributed by atoms with van der Waals surface area (Å²) in [7, 11) is 0. The van der Waals surface area contributed by atoms with Gasteiger partial charge in [0.2, 0.25) is 0 Å². The molecule has 8 nitrogen and oxygen atoms in total. The zero-order chi connectivity index (χ0) is 92.0. The van der Waals surface area contributed by atoms with Crippen LogP contribution in [-0.4, -0.2) is 11.9 Å². The molecule has 0 fully saturated rings. The zero-order valence-electron chi connectivity index (χ0n) is 80.8. The van der Waals surface area contributed by atoms with Gasteiger partial charge in [-0.3, -0.25) is 0 Å². The molecule has 0 unspecified atom stereocenters. The average Bonchev–Trinajstić information content (AvgIpc) is 0.673. The molecule has 0 saturated carbocycles. The van der Waals surface area contributed by atoms with Crippen LogP contribution in [0.25, 0.3) is 86.5 Å². The molecule has 15 aromatic carbocycles. The molecule has 128 heavy (non-hydrogen) atoms. The van der Waals surface area contributed by atoms with Crippen molar-refractivity contribution in [2.45, 2.75) is 251 Å². The minimum atomic E-state index is -0.755. The van der Waals surface area contributed by atoms with E-state index in [1.807, 2.05) is 24.3 Å². The van der Waals surface area contributed by atoms with Crippen LogP contribution in [0.1, 0.15) is 273 Å². The largest absolute Gasteiger partial charge is 0.457 e. The highest BCUT2D eigenvalue weighted by molar-refractivity contribution is 6.46.